The highest BCUT2D eigenvalue weighted by molar-refractivity contribution is 7.17. The van der Waals surface area contributed by atoms with Gasteiger partial charge in [0.15, 0.2) is 0 Å². The van der Waals surface area contributed by atoms with Crippen molar-refractivity contribution in [3.8, 4) is 57.3 Å². The normalized spacial score (nSPS) is 10.7. The molecule has 0 saturated carbocycles. The van der Waals surface area contributed by atoms with Crippen LogP contribution in [0.15, 0.2) is 44.2 Å². The summed E-state index contributed by atoms with van der Waals surface area (Å²) in [5.41, 5.74) is 2.81. The van der Waals surface area contributed by atoms with E-state index in [4.69, 9.17) is 8.83 Å². The molecule has 0 amide bonds. The third-order valence-corrected chi connectivity index (χ3v) is 13.6. The number of rotatable bonds is 26. The van der Waals surface area contributed by atoms with E-state index in [9.17, 15) is 31.6 Å². The highest BCUT2D eigenvalue weighted by Gasteiger charge is 2.34. The van der Waals surface area contributed by atoms with Gasteiger partial charge in [-0.25, -0.2) is 0 Å². The summed E-state index contributed by atoms with van der Waals surface area (Å²) >= 11 is 2.74. The quantitative estimate of drug-likeness (QED) is 0.0383. The summed E-state index contributed by atoms with van der Waals surface area (Å²) in [5.74, 6) is 0.961. The molecule has 5 aromatic rings. The molecule has 0 fully saturated rings. The molecule has 0 aliphatic heterocycles. The Morgan fingerprint density at radius 2 is 0.812 bits per heavy atom. The van der Waals surface area contributed by atoms with Gasteiger partial charge in [0.1, 0.15) is 69.9 Å². The third-order valence-electron chi connectivity index (χ3n) is 11.5. The van der Waals surface area contributed by atoms with Crippen LogP contribution < -0.4 is 9.80 Å². The molecule has 0 N–H and O–H groups in total. The second-order valence-corrected chi connectivity index (χ2v) is 18.4. The topological polar surface area (TPSA) is 175 Å². The molecule has 64 heavy (non-hydrogen) atoms. The molecule has 0 spiro atoms. The van der Waals surface area contributed by atoms with Crippen molar-refractivity contribution in [2.75, 3.05) is 36.0 Å². The minimum Gasteiger partial charge on any atom is -0.438 e. The Morgan fingerprint density at radius 1 is 0.484 bits per heavy atom. The van der Waals surface area contributed by atoms with Crippen LogP contribution in [0.5, 0.6) is 0 Å². The fraction of sp³-hybridized carbons (Fsp3) is 0.462. The molecule has 0 atom stereocenters. The lowest BCUT2D eigenvalue weighted by Gasteiger charge is -2.22. The Bertz CT molecular complexity index is 2440. The third kappa shape index (κ3) is 11.6. The van der Waals surface area contributed by atoms with Crippen LogP contribution >= 0.6 is 22.7 Å². The Hall–Kier alpha value is -6.28. The number of benzene rings is 1. The summed E-state index contributed by atoms with van der Waals surface area (Å²) in [4.78, 5) is 7.25. The first kappa shape index (κ1) is 48.7. The van der Waals surface area contributed by atoms with Gasteiger partial charge in [0, 0.05) is 56.8 Å². The van der Waals surface area contributed by atoms with Gasteiger partial charge in [0.25, 0.3) is 0 Å². The second kappa shape index (κ2) is 25.1. The van der Waals surface area contributed by atoms with Crippen molar-refractivity contribution < 1.29 is 8.83 Å². The maximum atomic E-state index is 11.3. The number of hydrogen-bond donors (Lipinski definition) is 0. The van der Waals surface area contributed by atoms with E-state index in [-0.39, 0.29) is 11.1 Å². The van der Waals surface area contributed by atoms with Gasteiger partial charge in [0.2, 0.25) is 11.8 Å². The van der Waals surface area contributed by atoms with Gasteiger partial charge in [-0.15, -0.1) is 22.7 Å². The van der Waals surface area contributed by atoms with Gasteiger partial charge in [-0.2, -0.15) is 31.6 Å². The van der Waals surface area contributed by atoms with Crippen LogP contribution in [0.3, 0.4) is 0 Å². The van der Waals surface area contributed by atoms with E-state index < -0.39 is 0 Å². The number of fused-ring (bicyclic) bond motifs is 2. The van der Waals surface area contributed by atoms with E-state index >= 15 is 0 Å². The second-order valence-electron chi connectivity index (χ2n) is 16.1. The first-order chi connectivity index (χ1) is 31.4. The van der Waals surface area contributed by atoms with Crippen molar-refractivity contribution in [1.82, 2.24) is 0 Å². The average molecular weight is 891 g/mol. The molecule has 0 bridgehead atoms. The van der Waals surface area contributed by atoms with E-state index in [0.29, 0.717) is 91.9 Å². The predicted octanol–water partition coefficient (Wildman–Crippen LogP) is 15.2. The number of hydrogen-bond acceptors (Lipinski definition) is 12. The summed E-state index contributed by atoms with van der Waals surface area (Å²) in [5, 5.41) is 62.3. The Kier molecular flexibility index (Phi) is 19.1. The molecule has 0 saturated heterocycles. The van der Waals surface area contributed by atoms with E-state index in [0.717, 1.165) is 112 Å². The Labute approximate surface area is 387 Å². The molecule has 0 radical (unpaired) electrons. The van der Waals surface area contributed by atoms with Crippen LogP contribution in [-0.4, -0.2) is 26.2 Å². The maximum absolute atomic E-state index is 11.3. The van der Waals surface area contributed by atoms with Crippen LogP contribution in [0.4, 0.5) is 11.8 Å². The monoisotopic (exact) mass is 890 g/mol. The number of furan rings is 2. The predicted molar refractivity (Wildman–Crippen MR) is 261 cm³/mol. The van der Waals surface area contributed by atoms with Gasteiger partial charge in [-0.3, -0.25) is 0 Å². The number of nitrogens with zero attached hydrogens (tertiary/aromatic N) is 8. The molecule has 0 aliphatic carbocycles. The average Bonchev–Trinajstić information content (AvgIpc) is 4.13. The fourth-order valence-electron chi connectivity index (χ4n) is 8.16. The number of unbranched alkanes of at least 4 members (excludes halogenated alkanes) is 12. The van der Waals surface area contributed by atoms with Gasteiger partial charge in [-0.1, -0.05) is 105 Å². The first-order valence-corrected chi connectivity index (χ1v) is 24.6. The SMILES string of the molecule is CCCCCCN(CCCCCC)c1oc2c(-c3ccc(C=C(C#N)C#N)s3)c3c(C#N)c(N(CCCCCC)CCCCCC)oc3c(-c3ccc(C=C(C#N)C#N)s3)c2c1C#N. The number of allylic oxidation sites excluding steroid dienone is 2. The van der Waals surface area contributed by atoms with Crippen LogP contribution in [-0.2, 0) is 0 Å². The zero-order valence-corrected chi connectivity index (χ0v) is 39.4. The molecule has 1 aromatic carbocycles. The van der Waals surface area contributed by atoms with Crippen molar-refractivity contribution >= 4 is 68.5 Å². The lowest BCUT2D eigenvalue weighted by molar-refractivity contribution is 0.544. The van der Waals surface area contributed by atoms with Crippen molar-refractivity contribution in [3.05, 3.63) is 56.3 Å². The van der Waals surface area contributed by atoms with Crippen molar-refractivity contribution in [3.63, 3.8) is 0 Å². The van der Waals surface area contributed by atoms with Crippen LogP contribution in [0.2, 0.25) is 0 Å². The van der Waals surface area contributed by atoms with Gasteiger partial charge in [0.05, 0.1) is 10.8 Å². The zero-order valence-electron chi connectivity index (χ0n) is 37.8. The molecule has 4 aromatic heterocycles. The lowest BCUT2D eigenvalue weighted by Crippen LogP contribution is -2.26. The summed E-state index contributed by atoms with van der Waals surface area (Å²) in [7, 11) is 0. The minimum absolute atomic E-state index is 0.0310. The molecule has 12 heteroatoms. The van der Waals surface area contributed by atoms with Crippen LogP contribution in [0.25, 0.3) is 55.0 Å². The van der Waals surface area contributed by atoms with E-state index in [1.807, 2.05) is 48.5 Å². The molecular formula is C52H58N8O2S2. The summed E-state index contributed by atoms with van der Waals surface area (Å²) in [6, 6.07) is 20.5. The molecule has 0 aliphatic rings. The van der Waals surface area contributed by atoms with Crippen molar-refractivity contribution in [2.45, 2.75) is 130 Å². The Balaban J connectivity index is 1.95. The van der Waals surface area contributed by atoms with E-state index in [1.54, 1.807) is 12.2 Å². The molecule has 5 rings (SSSR count). The first-order valence-electron chi connectivity index (χ1n) is 23.0. The van der Waals surface area contributed by atoms with Gasteiger partial charge < -0.3 is 18.6 Å². The van der Waals surface area contributed by atoms with Crippen molar-refractivity contribution in [1.29, 1.82) is 31.6 Å². The number of thiophene rings is 2. The van der Waals surface area contributed by atoms with Gasteiger partial charge >= 0.3 is 0 Å². The summed E-state index contributed by atoms with van der Waals surface area (Å²) < 4.78 is 14.3. The van der Waals surface area contributed by atoms with E-state index in [1.165, 1.54) is 22.7 Å². The summed E-state index contributed by atoms with van der Waals surface area (Å²) in [6.07, 6.45) is 19.8. The molecule has 330 valence electrons. The molecular weight excluding hydrogens is 833 g/mol. The van der Waals surface area contributed by atoms with Crippen molar-refractivity contribution in [2.24, 2.45) is 0 Å². The molecule has 4 heterocycles. The molecule has 0 unspecified atom stereocenters. The highest BCUT2D eigenvalue weighted by Crippen LogP contribution is 2.54. The minimum atomic E-state index is -0.0310. The lowest BCUT2D eigenvalue weighted by atomic mass is 9.95. The highest BCUT2D eigenvalue weighted by atomic mass is 32.1. The standard InChI is InChI=1S/C52H58N8O2S2/c1-5-9-13-17-25-59(26-18-14-10-6-2)51-41(35-57)45-47(43-23-21-39(63-43)29-37(31-53)32-54)50-46(48(49(45)61-51)44-24-22-40(64-44)30-38(33-55)34-56)42(36-58)52(62-50)60(27-19-15-11-7-3)28-20-16-12-8-4/h21-24,29-30H,5-20,25-28H2,1-4H3. The van der Waals surface area contributed by atoms with Crippen LogP contribution in [0, 0.1) is 68.0 Å². The summed E-state index contributed by atoms with van der Waals surface area (Å²) in [6.45, 7) is 11.6. The fourth-order valence-corrected chi connectivity index (χ4v) is 10.2. The number of anilines is 2. The zero-order chi connectivity index (χ0) is 45.8. The molecule has 10 nitrogen and oxygen atoms in total. The largest absolute Gasteiger partial charge is 0.438 e. The Morgan fingerprint density at radius 3 is 1.09 bits per heavy atom. The smallest absolute Gasteiger partial charge is 0.214 e. The van der Waals surface area contributed by atoms with Gasteiger partial charge in [-0.05, 0) is 62.1 Å². The number of nitriles is 6. The maximum Gasteiger partial charge on any atom is 0.214 e. The van der Waals surface area contributed by atoms with E-state index in [2.05, 4.69) is 49.6 Å². The van der Waals surface area contributed by atoms with Crippen LogP contribution in [0.1, 0.15) is 151 Å².